The molecule has 1 aromatic heterocycles. The van der Waals surface area contributed by atoms with Gasteiger partial charge in [-0.05, 0) is 73.0 Å². The van der Waals surface area contributed by atoms with Crippen LogP contribution in [-0.2, 0) is 16.8 Å². The van der Waals surface area contributed by atoms with Gasteiger partial charge in [0, 0.05) is 17.2 Å². The summed E-state index contributed by atoms with van der Waals surface area (Å²) in [5.74, 6) is 0.603. The van der Waals surface area contributed by atoms with E-state index in [1.54, 1.807) is 0 Å². The number of rotatable bonds is 11. The Labute approximate surface area is 280 Å². The number of pyridine rings is 1. The van der Waals surface area contributed by atoms with Crippen molar-refractivity contribution in [3.8, 4) is 11.5 Å². The molecule has 0 fully saturated rings. The minimum absolute atomic E-state index is 0. The molecule has 1 atom stereocenters. The first-order valence-corrected chi connectivity index (χ1v) is 14.4. The van der Waals surface area contributed by atoms with Crippen LogP contribution in [0.15, 0.2) is 119 Å². The van der Waals surface area contributed by atoms with Crippen molar-refractivity contribution in [1.82, 2.24) is 4.98 Å². The topological polar surface area (TPSA) is 93.4 Å². The molecule has 1 unspecified atom stereocenters. The van der Waals surface area contributed by atoms with E-state index in [1.165, 1.54) is 0 Å². The summed E-state index contributed by atoms with van der Waals surface area (Å²) in [6.45, 7) is 4.70. The number of hydrogen-bond acceptors (Lipinski definition) is 6. The fourth-order valence-corrected chi connectivity index (χ4v) is 5.48. The van der Waals surface area contributed by atoms with Crippen molar-refractivity contribution in [2.45, 2.75) is 44.4 Å². The van der Waals surface area contributed by atoms with Gasteiger partial charge in [-0.3, -0.25) is 4.79 Å². The van der Waals surface area contributed by atoms with Crippen LogP contribution in [0.5, 0.6) is 11.5 Å². The van der Waals surface area contributed by atoms with Crippen LogP contribution in [0.25, 0.3) is 10.9 Å². The Bertz CT molecular complexity index is 1870. The van der Waals surface area contributed by atoms with Crippen LogP contribution in [0.1, 0.15) is 44.9 Å². The van der Waals surface area contributed by atoms with Gasteiger partial charge in [0.25, 0.3) is 0 Å². The SMILES string of the molecule is CC1(COc2ccc(C(C)(CCC(=O)O)c3ccc(OCc4ccc5ccccc5n4)cc3)cc2)N=c2ccccc2=N1.[H-].[Na+]. The molecule has 44 heavy (non-hydrogen) atoms. The molecule has 0 amide bonds. The second-order valence-electron chi connectivity index (χ2n) is 11.3. The molecule has 218 valence electrons. The number of aromatic nitrogens is 1. The maximum atomic E-state index is 11.6. The van der Waals surface area contributed by atoms with Crippen LogP contribution in [0, 0.1) is 0 Å². The number of aliphatic carboxylic acids is 1. The molecular weight excluding hydrogens is 561 g/mol. The number of carbonyl (C=O) groups is 1. The van der Waals surface area contributed by atoms with Crippen LogP contribution in [0.4, 0.5) is 0 Å². The fraction of sp³-hybridized carbons (Fsp3) is 0.222. The first-order valence-electron chi connectivity index (χ1n) is 14.4. The molecule has 1 N–H and O–H groups in total. The van der Waals surface area contributed by atoms with Gasteiger partial charge in [0.15, 0.2) is 5.66 Å². The molecule has 1 aliphatic rings. The van der Waals surface area contributed by atoms with Gasteiger partial charge in [0.2, 0.25) is 0 Å². The monoisotopic (exact) mass is 595 g/mol. The summed E-state index contributed by atoms with van der Waals surface area (Å²) in [6.07, 6.45) is 0.487. The van der Waals surface area contributed by atoms with Gasteiger partial charge in [-0.15, -0.1) is 0 Å². The number of nitrogens with zero attached hydrogens (tertiary/aromatic N) is 3. The minimum atomic E-state index is -0.827. The van der Waals surface area contributed by atoms with Crippen molar-refractivity contribution in [3.63, 3.8) is 0 Å². The molecule has 6 rings (SSSR count). The van der Waals surface area contributed by atoms with E-state index < -0.39 is 17.0 Å². The maximum absolute atomic E-state index is 11.6. The average Bonchev–Trinajstić information content (AvgIpc) is 3.38. The summed E-state index contributed by atoms with van der Waals surface area (Å²) in [4.78, 5) is 25.7. The number of carboxylic acid groups (broad SMARTS) is 1. The molecule has 0 bridgehead atoms. The second-order valence-corrected chi connectivity index (χ2v) is 11.3. The Morgan fingerprint density at radius 3 is 1.98 bits per heavy atom. The molecule has 0 spiro atoms. The van der Waals surface area contributed by atoms with Gasteiger partial charge in [-0.25, -0.2) is 15.0 Å². The number of para-hydroxylation sites is 3. The zero-order valence-electron chi connectivity index (χ0n) is 26.2. The van der Waals surface area contributed by atoms with E-state index in [0.29, 0.717) is 25.4 Å². The van der Waals surface area contributed by atoms with E-state index in [0.717, 1.165) is 44.2 Å². The smallest absolute Gasteiger partial charge is 1.00 e. The van der Waals surface area contributed by atoms with E-state index >= 15 is 0 Å². The molecule has 1 aliphatic heterocycles. The zero-order valence-corrected chi connectivity index (χ0v) is 27.2. The third-order valence-electron chi connectivity index (χ3n) is 7.98. The van der Waals surface area contributed by atoms with E-state index in [2.05, 4.69) is 11.9 Å². The van der Waals surface area contributed by atoms with E-state index in [4.69, 9.17) is 19.5 Å². The third-order valence-corrected chi connectivity index (χ3v) is 7.98. The van der Waals surface area contributed by atoms with Crippen LogP contribution in [0.3, 0.4) is 0 Å². The Morgan fingerprint density at radius 1 is 0.795 bits per heavy atom. The summed E-state index contributed by atoms with van der Waals surface area (Å²) >= 11 is 0. The summed E-state index contributed by atoms with van der Waals surface area (Å²) < 4.78 is 12.1. The minimum Gasteiger partial charge on any atom is -1.00 e. The molecule has 0 saturated heterocycles. The zero-order chi connectivity index (χ0) is 29.9. The Kier molecular flexibility index (Phi) is 9.49. The largest absolute Gasteiger partial charge is 1.00 e. The van der Waals surface area contributed by atoms with Crippen molar-refractivity contribution < 1.29 is 50.4 Å². The Balaban J connectivity index is 0.00000230. The van der Waals surface area contributed by atoms with Crippen molar-refractivity contribution in [1.29, 1.82) is 0 Å². The number of benzene rings is 4. The van der Waals surface area contributed by atoms with E-state index in [-0.39, 0.29) is 37.4 Å². The second kappa shape index (κ2) is 13.3. The number of carboxylic acids is 1. The number of fused-ring (bicyclic) bond motifs is 2. The maximum Gasteiger partial charge on any atom is 1.00 e. The van der Waals surface area contributed by atoms with Crippen LogP contribution < -0.4 is 49.7 Å². The standard InChI is InChI=1S/C36H33N3O4.Na.H/c1-35(22-21-34(40)41,26-12-17-29(18-13-26)42-23-28-16-11-25-7-3-4-8-31(25)37-28)27-14-19-30(20-15-27)43-24-36(2)38-32-9-5-6-10-33(32)39-36;;/h3-20H,21-24H2,1-2H3,(H,40,41);;/q;+1;-1. The van der Waals surface area contributed by atoms with Crippen LogP contribution in [-0.4, -0.2) is 28.3 Å². The molecule has 0 saturated carbocycles. The number of ether oxygens (including phenoxy) is 2. The summed E-state index contributed by atoms with van der Waals surface area (Å²) in [5.41, 5.74) is 2.60. The first kappa shape index (κ1) is 31.4. The van der Waals surface area contributed by atoms with Crippen LogP contribution in [0.2, 0.25) is 0 Å². The molecule has 5 aromatic rings. The van der Waals surface area contributed by atoms with Gasteiger partial charge in [-0.2, -0.15) is 0 Å². The predicted octanol–water partition coefficient (Wildman–Crippen LogP) is 3.15. The van der Waals surface area contributed by atoms with Crippen molar-refractivity contribution in [2.75, 3.05) is 6.61 Å². The molecule has 0 radical (unpaired) electrons. The quantitative estimate of drug-likeness (QED) is 0.237. The van der Waals surface area contributed by atoms with Crippen LogP contribution >= 0.6 is 0 Å². The third kappa shape index (κ3) is 7.02. The summed E-state index contributed by atoms with van der Waals surface area (Å²) in [7, 11) is 0. The van der Waals surface area contributed by atoms with E-state index in [9.17, 15) is 9.90 Å². The van der Waals surface area contributed by atoms with Gasteiger partial charge in [0.1, 0.15) is 24.7 Å². The van der Waals surface area contributed by atoms with E-state index in [1.807, 2.05) is 116 Å². The Morgan fingerprint density at radius 2 is 1.36 bits per heavy atom. The van der Waals surface area contributed by atoms with Gasteiger partial charge in [-0.1, -0.05) is 67.6 Å². The fourth-order valence-electron chi connectivity index (χ4n) is 5.48. The summed E-state index contributed by atoms with van der Waals surface area (Å²) in [6, 6.07) is 35.6. The normalized spacial score (nSPS) is 14.3. The van der Waals surface area contributed by atoms with Crippen molar-refractivity contribution in [3.05, 3.63) is 137 Å². The first-order chi connectivity index (χ1) is 20.8. The molecule has 4 aromatic carbocycles. The molecule has 7 nitrogen and oxygen atoms in total. The molecule has 0 aliphatic carbocycles. The summed E-state index contributed by atoms with van der Waals surface area (Å²) in [5, 5.41) is 12.3. The number of hydrogen-bond donors (Lipinski definition) is 1. The molecular formula is C36H34N3NaO4. The van der Waals surface area contributed by atoms with Gasteiger partial charge in [0.05, 0.1) is 21.9 Å². The molecule has 2 heterocycles. The Hall–Kier alpha value is -4.04. The van der Waals surface area contributed by atoms with Crippen molar-refractivity contribution >= 4 is 16.9 Å². The van der Waals surface area contributed by atoms with Gasteiger partial charge >= 0.3 is 35.5 Å². The average molecular weight is 596 g/mol. The van der Waals surface area contributed by atoms with Crippen molar-refractivity contribution in [2.24, 2.45) is 9.98 Å². The van der Waals surface area contributed by atoms with Gasteiger partial charge < -0.3 is 16.0 Å². The predicted molar refractivity (Wildman–Crippen MR) is 166 cm³/mol. The molecule has 8 heteroatoms.